The lowest BCUT2D eigenvalue weighted by molar-refractivity contribution is -0.151. The molecule has 0 atom stereocenters. The van der Waals surface area contributed by atoms with Crippen LogP contribution in [0.1, 0.15) is 32.8 Å². The molecule has 0 spiro atoms. The van der Waals surface area contributed by atoms with E-state index in [4.69, 9.17) is 9.47 Å². The Morgan fingerprint density at radius 1 is 1.35 bits per heavy atom. The fourth-order valence-electron chi connectivity index (χ4n) is 1.32. The van der Waals surface area contributed by atoms with Crippen molar-refractivity contribution in [1.82, 2.24) is 0 Å². The molecular weight excluding hydrogens is 252 g/mol. The zero-order valence-electron chi connectivity index (χ0n) is 12.6. The molecule has 0 fully saturated rings. The molecule has 0 saturated carbocycles. The fraction of sp³-hybridized carbons (Fsp3) is 0.353. The predicted molar refractivity (Wildman–Crippen MR) is 80.3 cm³/mol. The van der Waals surface area contributed by atoms with E-state index >= 15 is 0 Å². The number of hydrogen-bond donors (Lipinski definition) is 0. The Morgan fingerprint density at radius 3 is 2.60 bits per heavy atom. The molecule has 0 N–H and O–H groups in total. The number of carbonyl (C=O) groups is 1. The van der Waals surface area contributed by atoms with Crippen molar-refractivity contribution < 1.29 is 14.3 Å². The largest absolute Gasteiger partial charge is 0.426 e. The average molecular weight is 274 g/mol. The van der Waals surface area contributed by atoms with E-state index in [-0.39, 0.29) is 11.9 Å². The van der Waals surface area contributed by atoms with Crippen molar-refractivity contribution in [3.05, 3.63) is 54.5 Å². The zero-order valence-corrected chi connectivity index (χ0v) is 12.6. The van der Waals surface area contributed by atoms with Gasteiger partial charge in [0.1, 0.15) is 5.75 Å². The molecule has 0 aromatic heterocycles. The van der Waals surface area contributed by atoms with E-state index in [1.54, 1.807) is 32.9 Å². The Hall–Kier alpha value is -2.03. The van der Waals surface area contributed by atoms with E-state index in [2.05, 4.69) is 6.58 Å². The molecule has 3 nitrogen and oxygen atoms in total. The van der Waals surface area contributed by atoms with Gasteiger partial charge >= 0.3 is 5.97 Å². The normalized spacial score (nSPS) is 11.9. The first kappa shape index (κ1) is 16.0. The van der Waals surface area contributed by atoms with Crippen LogP contribution in [-0.2, 0) is 9.53 Å². The maximum Gasteiger partial charge on any atom is 0.318 e. The molecule has 0 unspecified atom stereocenters. The number of hydrogen-bond acceptors (Lipinski definition) is 3. The number of ether oxygens (including phenoxy) is 2. The molecule has 0 aliphatic rings. The molecule has 1 rings (SSSR count). The van der Waals surface area contributed by atoms with E-state index < -0.39 is 5.41 Å². The topological polar surface area (TPSA) is 35.5 Å². The van der Waals surface area contributed by atoms with Crippen molar-refractivity contribution in [2.45, 2.75) is 34.1 Å². The summed E-state index contributed by atoms with van der Waals surface area (Å²) < 4.78 is 10.9. The third-order valence-electron chi connectivity index (χ3n) is 2.46. The van der Waals surface area contributed by atoms with Gasteiger partial charge in [-0.15, -0.1) is 6.58 Å². The molecule has 108 valence electrons. The van der Waals surface area contributed by atoms with Crippen LogP contribution in [0.2, 0.25) is 0 Å². The lowest BCUT2D eigenvalue weighted by Crippen LogP contribution is -2.23. The van der Waals surface area contributed by atoms with Crippen LogP contribution >= 0.6 is 0 Å². The van der Waals surface area contributed by atoms with Crippen LogP contribution in [0.4, 0.5) is 0 Å². The van der Waals surface area contributed by atoms with Gasteiger partial charge in [-0.3, -0.25) is 4.79 Å². The number of allylic oxidation sites excluding steroid dienone is 2. The highest BCUT2D eigenvalue weighted by atomic mass is 16.7. The van der Waals surface area contributed by atoms with Gasteiger partial charge in [0, 0.05) is 6.08 Å². The minimum atomic E-state index is -0.580. The maximum atomic E-state index is 11.9. The summed E-state index contributed by atoms with van der Waals surface area (Å²) in [6.07, 6.45) is 3.97. The monoisotopic (exact) mass is 274 g/mol. The molecule has 0 aliphatic carbocycles. The highest BCUT2D eigenvalue weighted by Gasteiger charge is 2.25. The summed E-state index contributed by atoms with van der Waals surface area (Å²) in [4.78, 5) is 11.9. The van der Waals surface area contributed by atoms with Crippen LogP contribution in [0.25, 0.3) is 0 Å². The van der Waals surface area contributed by atoms with E-state index in [9.17, 15) is 4.79 Å². The molecule has 0 amide bonds. The summed E-state index contributed by atoms with van der Waals surface area (Å²) in [5.74, 6) is 0.498. The number of aryl methyl sites for hydroxylation is 1. The lowest BCUT2D eigenvalue weighted by atomic mass is 9.97. The SMILES string of the molecule is C=CC/C=C(\OC(=O)C(C)(C)C)Oc1cccc(C)c1. The van der Waals surface area contributed by atoms with Crippen molar-refractivity contribution in [3.63, 3.8) is 0 Å². The standard InChI is InChI=1S/C17H22O3/c1-6-7-11-15(20-16(18)17(3,4)5)19-14-10-8-9-13(2)12-14/h6,8-12H,1,7H2,2-5H3/b15-11-. The number of esters is 1. The molecule has 0 bridgehead atoms. The van der Waals surface area contributed by atoms with Gasteiger partial charge in [0.2, 0.25) is 0 Å². The Balaban J connectivity index is 2.85. The van der Waals surface area contributed by atoms with E-state index in [1.165, 1.54) is 0 Å². The summed E-state index contributed by atoms with van der Waals surface area (Å²) in [7, 11) is 0. The highest BCUT2D eigenvalue weighted by molar-refractivity contribution is 5.76. The molecule has 20 heavy (non-hydrogen) atoms. The van der Waals surface area contributed by atoms with Crippen molar-refractivity contribution in [3.8, 4) is 5.75 Å². The Labute approximate surface area is 120 Å². The number of carbonyl (C=O) groups excluding carboxylic acids is 1. The van der Waals surface area contributed by atoms with Crippen LogP contribution in [0.3, 0.4) is 0 Å². The fourth-order valence-corrected chi connectivity index (χ4v) is 1.32. The van der Waals surface area contributed by atoms with Gasteiger partial charge < -0.3 is 9.47 Å². The van der Waals surface area contributed by atoms with Gasteiger partial charge in [0.15, 0.2) is 0 Å². The van der Waals surface area contributed by atoms with E-state index in [1.807, 2.05) is 31.2 Å². The summed E-state index contributed by atoms with van der Waals surface area (Å²) >= 11 is 0. The predicted octanol–water partition coefficient (Wildman–Crippen LogP) is 4.38. The highest BCUT2D eigenvalue weighted by Crippen LogP contribution is 2.21. The number of benzene rings is 1. The Kier molecular flexibility index (Phi) is 5.56. The first-order valence-electron chi connectivity index (χ1n) is 6.61. The van der Waals surface area contributed by atoms with Crippen LogP contribution in [0.15, 0.2) is 48.9 Å². The first-order valence-corrected chi connectivity index (χ1v) is 6.61. The molecule has 1 aromatic rings. The van der Waals surface area contributed by atoms with Crippen LogP contribution in [-0.4, -0.2) is 5.97 Å². The summed E-state index contributed by atoms with van der Waals surface area (Å²) in [5.41, 5.74) is 0.496. The van der Waals surface area contributed by atoms with E-state index in [0.717, 1.165) is 5.56 Å². The van der Waals surface area contributed by atoms with E-state index in [0.29, 0.717) is 12.2 Å². The summed E-state index contributed by atoms with van der Waals surface area (Å²) in [5, 5.41) is 0. The van der Waals surface area contributed by atoms with Crippen LogP contribution in [0, 0.1) is 12.3 Å². The average Bonchev–Trinajstić information content (AvgIpc) is 2.34. The molecular formula is C17H22O3. The molecule has 0 aliphatic heterocycles. The minimum Gasteiger partial charge on any atom is -0.426 e. The number of rotatable bonds is 5. The van der Waals surface area contributed by atoms with Crippen LogP contribution in [0.5, 0.6) is 5.75 Å². The lowest BCUT2D eigenvalue weighted by Gasteiger charge is -2.18. The second-order valence-corrected chi connectivity index (χ2v) is 5.61. The second kappa shape index (κ2) is 6.94. The Bertz CT molecular complexity index is 507. The van der Waals surface area contributed by atoms with Gasteiger partial charge in [-0.1, -0.05) is 18.2 Å². The molecule has 0 radical (unpaired) electrons. The van der Waals surface area contributed by atoms with Gasteiger partial charge in [0.25, 0.3) is 5.95 Å². The third kappa shape index (κ3) is 5.31. The van der Waals surface area contributed by atoms with Gasteiger partial charge in [-0.25, -0.2) is 0 Å². The first-order chi connectivity index (χ1) is 9.32. The van der Waals surface area contributed by atoms with Crippen molar-refractivity contribution >= 4 is 5.97 Å². The molecule has 0 saturated heterocycles. The van der Waals surface area contributed by atoms with Gasteiger partial charge in [-0.05, 0) is 51.8 Å². The molecule has 0 heterocycles. The quantitative estimate of drug-likeness (QED) is 0.454. The Morgan fingerprint density at radius 2 is 2.05 bits per heavy atom. The summed E-state index contributed by atoms with van der Waals surface area (Å²) in [6, 6.07) is 7.56. The van der Waals surface area contributed by atoms with Crippen molar-refractivity contribution in [1.29, 1.82) is 0 Å². The summed E-state index contributed by atoms with van der Waals surface area (Å²) in [6.45, 7) is 11.0. The van der Waals surface area contributed by atoms with Gasteiger partial charge in [-0.2, -0.15) is 0 Å². The smallest absolute Gasteiger partial charge is 0.318 e. The maximum absolute atomic E-state index is 11.9. The minimum absolute atomic E-state index is 0.190. The molecule has 1 aromatic carbocycles. The third-order valence-corrected chi connectivity index (χ3v) is 2.46. The van der Waals surface area contributed by atoms with Gasteiger partial charge in [0.05, 0.1) is 5.41 Å². The van der Waals surface area contributed by atoms with Crippen molar-refractivity contribution in [2.75, 3.05) is 0 Å². The van der Waals surface area contributed by atoms with Crippen molar-refractivity contribution in [2.24, 2.45) is 5.41 Å². The molecule has 3 heteroatoms. The van der Waals surface area contributed by atoms with Crippen LogP contribution < -0.4 is 4.74 Å². The zero-order chi connectivity index (χ0) is 15.2. The second-order valence-electron chi connectivity index (χ2n) is 5.61.